The second kappa shape index (κ2) is 3.33. The van der Waals surface area contributed by atoms with E-state index in [4.69, 9.17) is 4.42 Å². The minimum atomic E-state index is -0.814. The first-order chi connectivity index (χ1) is 5.95. The van der Waals surface area contributed by atoms with Gasteiger partial charge in [0.25, 0.3) is 0 Å². The van der Waals surface area contributed by atoms with Crippen LogP contribution in [0.15, 0.2) is 13.7 Å². The molecule has 1 aromatic heterocycles. The second-order valence-corrected chi connectivity index (χ2v) is 3.33. The summed E-state index contributed by atoms with van der Waals surface area (Å²) in [5.41, 5.74) is -1.14. The summed E-state index contributed by atoms with van der Waals surface area (Å²) in [4.78, 5) is 22.0. The molecular formula is C8H7BrO4. The lowest BCUT2D eigenvalue weighted by molar-refractivity contribution is 0.101. The van der Waals surface area contributed by atoms with Crippen LogP contribution >= 0.6 is 15.9 Å². The van der Waals surface area contributed by atoms with E-state index >= 15 is 0 Å². The SMILES string of the molecule is CC(=O)c1c(O)c(Br)c(C)oc1=O. The molecule has 0 radical (unpaired) electrons. The molecule has 0 saturated carbocycles. The monoisotopic (exact) mass is 246 g/mol. The summed E-state index contributed by atoms with van der Waals surface area (Å²) in [6, 6.07) is 0. The zero-order chi connectivity index (χ0) is 10.2. The number of ketones is 1. The Bertz CT molecular complexity index is 419. The minimum absolute atomic E-state index is 0.234. The van der Waals surface area contributed by atoms with Gasteiger partial charge in [-0.1, -0.05) is 0 Å². The summed E-state index contributed by atoms with van der Waals surface area (Å²) in [5.74, 6) is -0.638. The molecule has 0 aromatic carbocycles. The van der Waals surface area contributed by atoms with Crippen LogP contribution in [-0.4, -0.2) is 10.9 Å². The lowest BCUT2D eigenvalue weighted by Crippen LogP contribution is -2.12. The summed E-state index contributed by atoms with van der Waals surface area (Å²) in [7, 11) is 0. The van der Waals surface area contributed by atoms with Gasteiger partial charge in [-0.25, -0.2) is 4.79 Å². The quantitative estimate of drug-likeness (QED) is 0.765. The first kappa shape index (κ1) is 9.98. The first-order valence-electron chi connectivity index (χ1n) is 3.48. The van der Waals surface area contributed by atoms with E-state index in [0.717, 1.165) is 0 Å². The molecule has 0 saturated heterocycles. The van der Waals surface area contributed by atoms with Crippen molar-refractivity contribution < 1.29 is 14.3 Å². The van der Waals surface area contributed by atoms with E-state index in [9.17, 15) is 14.7 Å². The van der Waals surface area contributed by atoms with Gasteiger partial charge in [0.1, 0.15) is 11.3 Å². The standard InChI is InChI=1S/C8H7BrO4/c1-3(10)5-7(11)6(9)4(2)13-8(5)12/h11H,1-2H3. The Balaban J connectivity index is 3.63. The number of carbonyl (C=O) groups excluding carboxylic acids is 1. The van der Waals surface area contributed by atoms with Crippen molar-refractivity contribution in [3.8, 4) is 5.75 Å². The van der Waals surface area contributed by atoms with E-state index in [2.05, 4.69) is 15.9 Å². The number of carbonyl (C=O) groups is 1. The normalized spacial score (nSPS) is 10.1. The fraction of sp³-hybridized carbons (Fsp3) is 0.250. The number of halogens is 1. The Morgan fingerprint density at radius 1 is 1.54 bits per heavy atom. The fourth-order valence-electron chi connectivity index (χ4n) is 0.919. The summed E-state index contributed by atoms with van der Waals surface area (Å²) < 4.78 is 4.93. The molecule has 0 unspecified atom stereocenters. The number of hydrogen-bond donors (Lipinski definition) is 1. The molecule has 0 aliphatic rings. The van der Waals surface area contributed by atoms with E-state index in [-0.39, 0.29) is 21.5 Å². The topological polar surface area (TPSA) is 67.5 Å². The van der Waals surface area contributed by atoms with Crippen LogP contribution in [0.3, 0.4) is 0 Å². The van der Waals surface area contributed by atoms with Crippen molar-refractivity contribution >= 4 is 21.7 Å². The molecule has 0 fully saturated rings. The molecule has 0 aliphatic heterocycles. The van der Waals surface area contributed by atoms with Crippen LogP contribution in [0.25, 0.3) is 0 Å². The highest BCUT2D eigenvalue weighted by Crippen LogP contribution is 2.28. The van der Waals surface area contributed by atoms with E-state index < -0.39 is 11.4 Å². The van der Waals surface area contributed by atoms with Gasteiger partial charge in [0.2, 0.25) is 0 Å². The maximum atomic E-state index is 11.1. The molecular weight excluding hydrogens is 240 g/mol. The summed E-state index contributed by atoms with van der Waals surface area (Å²) in [5, 5.41) is 9.40. The largest absolute Gasteiger partial charge is 0.506 e. The van der Waals surface area contributed by atoms with Crippen LogP contribution in [0.1, 0.15) is 23.0 Å². The van der Waals surface area contributed by atoms with Crippen LogP contribution in [0.4, 0.5) is 0 Å². The zero-order valence-electron chi connectivity index (χ0n) is 7.05. The minimum Gasteiger partial charge on any atom is -0.506 e. The first-order valence-corrected chi connectivity index (χ1v) is 4.27. The Kier molecular flexibility index (Phi) is 2.56. The molecule has 0 spiro atoms. The highest BCUT2D eigenvalue weighted by molar-refractivity contribution is 9.10. The van der Waals surface area contributed by atoms with Gasteiger partial charge in [-0.15, -0.1) is 0 Å². The maximum absolute atomic E-state index is 11.1. The van der Waals surface area contributed by atoms with Gasteiger partial charge >= 0.3 is 5.63 Å². The zero-order valence-corrected chi connectivity index (χ0v) is 8.64. The number of hydrogen-bond acceptors (Lipinski definition) is 4. The summed E-state index contributed by atoms with van der Waals surface area (Å²) >= 11 is 3.00. The average molecular weight is 247 g/mol. The van der Waals surface area contributed by atoms with Crippen LogP contribution in [0, 0.1) is 6.92 Å². The second-order valence-electron chi connectivity index (χ2n) is 2.54. The lowest BCUT2D eigenvalue weighted by atomic mass is 10.2. The fourth-order valence-corrected chi connectivity index (χ4v) is 1.20. The van der Waals surface area contributed by atoms with Gasteiger partial charge in [-0.3, -0.25) is 4.79 Å². The molecule has 1 aromatic rings. The number of Topliss-reactive ketones (excluding diaryl/α,β-unsaturated/α-hetero) is 1. The van der Waals surface area contributed by atoms with Crippen molar-refractivity contribution in [3.63, 3.8) is 0 Å². The number of aryl methyl sites for hydroxylation is 1. The van der Waals surface area contributed by atoms with Crippen molar-refractivity contribution in [3.05, 3.63) is 26.2 Å². The highest BCUT2D eigenvalue weighted by Gasteiger charge is 2.18. The van der Waals surface area contributed by atoms with Crippen molar-refractivity contribution in [1.29, 1.82) is 0 Å². The van der Waals surface area contributed by atoms with Crippen molar-refractivity contribution in [2.45, 2.75) is 13.8 Å². The molecule has 0 atom stereocenters. The third kappa shape index (κ3) is 1.65. The third-order valence-corrected chi connectivity index (χ3v) is 2.49. The lowest BCUT2D eigenvalue weighted by Gasteiger charge is -2.02. The van der Waals surface area contributed by atoms with E-state index in [1.807, 2.05) is 0 Å². The Labute approximate surface area is 82.3 Å². The highest BCUT2D eigenvalue weighted by atomic mass is 79.9. The van der Waals surface area contributed by atoms with Crippen LogP contribution in [0.2, 0.25) is 0 Å². The van der Waals surface area contributed by atoms with Crippen molar-refractivity contribution in [2.75, 3.05) is 0 Å². The Hall–Kier alpha value is -1.10. The molecule has 1 N–H and O–H groups in total. The van der Waals surface area contributed by atoms with Gasteiger partial charge in [0, 0.05) is 0 Å². The smallest absolute Gasteiger partial charge is 0.350 e. The molecule has 0 bridgehead atoms. The molecule has 1 heterocycles. The van der Waals surface area contributed by atoms with E-state index in [1.165, 1.54) is 13.8 Å². The van der Waals surface area contributed by atoms with Crippen molar-refractivity contribution in [2.24, 2.45) is 0 Å². The molecule has 13 heavy (non-hydrogen) atoms. The van der Waals surface area contributed by atoms with Crippen LogP contribution in [-0.2, 0) is 0 Å². The van der Waals surface area contributed by atoms with Gasteiger partial charge in [0.15, 0.2) is 11.5 Å². The van der Waals surface area contributed by atoms with Gasteiger partial charge in [-0.2, -0.15) is 0 Å². The molecule has 0 aliphatic carbocycles. The molecule has 1 rings (SSSR count). The summed E-state index contributed by atoms with van der Waals surface area (Å²) in [6.07, 6.45) is 0. The maximum Gasteiger partial charge on any atom is 0.350 e. The molecule has 4 nitrogen and oxygen atoms in total. The predicted octanol–water partition coefficient (Wildman–Crippen LogP) is 1.62. The van der Waals surface area contributed by atoms with E-state index in [1.54, 1.807) is 0 Å². The third-order valence-electron chi connectivity index (χ3n) is 1.56. The molecule has 5 heteroatoms. The Morgan fingerprint density at radius 2 is 2.08 bits per heavy atom. The van der Waals surface area contributed by atoms with E-state index in [0.29, 0.717) is 0 Å². The van der Waals surface area contributed by atoms with Crippen molar-refractivity contribution in [1.82, 2.24) is 0 Å². The van der Waals surface area contributed by atoms with Crippen LogP contribution < -0.4 is 5.63 Å². The predicted molar refractivity (Wildman–Crippen MR) is 49.1 cm³/mol. The molecule has 0 amide bonds. The molecule has 70 valence electrons. The number of aromatic hydroxyl groups is 1. The summed E-state index contributed by atoms with van der Waals surface area (Å²) in [6.45, 7) is 2.70. The van der Waals surface area contributed by atoms with Gasteiger partial charge in [0.05, 0.1) is 4.47 Å². The van der Waals surface area contributed by atoms with Gasteiger partial charge in [-0.05, 0) is 29.8 Å². The Morgan fingerprint density at radius 3 is 2.54 bits per heavy atom. The number of rotatable bonds is 1. The average Bonchev–Trinajstić information content (AvgIpc) is 1.99. The van der Waals surface area contributed by atoms with Gasteiger partial charge < -0.3 is 9.52 Å². The van der Waals surface area contributed by atoms with Crippen LogP contribution in [0.5, 0.6) is 5.75 Å².